The zero-order valence-corrected chi connectivity index (χ0v) is 13.6. The highest BCUT2D eigenvalue weighted by molar-refractivity contribution is 5.53. The Hall–Kier alpha value is -2.77. The third-order valence-electron chi connectivity index (χ3n) is 4.67. The minimum absolute atomic E-state index is 0.936. The number of hydrogen-bond acceptors (Lipinski definition) is 3. The number of piperazine rings is 1. The summed E-state index contributed by atoms with van der Waals surface area (Å²) in [4.78, 5) is 4.92. The molecule has 24 heavy (non-hydrogen) atoms. The van der Waals surface area contributed by atoms with Gasteiger partial charge in [0.25, 0.3) is 0 Å². The molecule has 0 radical (unpaired) electrons. The third kappa shape index (κ3) is 2.86. The fourth-order valence-corrected chi connectivity index (χ4v) is 3.28. The van der Waals surface area contributed by atoms with E-state index in [0.717, 1.165) is 38.3 Å². The second kappa shape index (κ2) is 6.38. The fraction of sp³-hybridized carbons (Fsp3) is 0.250. The van der Waals surface area contributed by atoms with Gasteiger partial charge in [0.05, 0.1) is 11.7 Å². The molecule has 4 nitrogen and oxygen atoms in total. The first kappa shape index (κ1) is 14.8. The largest absolute Gasteiger partial charge is 0.369 e. The first-order valence-electron chi connectivity index (χ1n) is 8.29. The number of aromatic nitrogens is 2. The molecule has 0 spiro atoms. The topological polar surface area (TPSA) is 23.8 Å². The lowest BCUT2D eigenvalue weighted by Crippen LogP contribution is -2.45. The highest BCUT2D eigenvalue weighted by Gasteiger charge is 2.18. The van der Waals surface area contributed by atoms with E-state index in [1.54, 1.807) is 0 Å². The predicted octanol–water partition coefficient (Wildman–Crippen LogP) is 2.64. The second-order valence-corrected chi connectivity index (χ2v) is 6.15. The van der Waals surface area contributed by atoms with Crippen molar-refractivity contribution in [1.29, 1.82) is 0 Å². The van der Waals surface area contributed by atoms with Gasteiger partial charge in [0.1, 0.15) is 0 Å². The zero-order chi connectivity index (χ0) is 16.4. The molecule has 1 aliphatic heterocycles. The van der Waals surface area contributed by atoms with Crippen LogP contribution in [0.2, 0.25) is 0 Å². The van der Waals surface area contributed by atoms with Crippen LogP contribution in [-0.4, -0.2) is 40.7 Å². The van der Waals surface area contributed by atoms with Gasteiger partial charge in [0.2, 0.25) is 0 Å². The average Bonchev–Trinajstić information content (AvgIpc) is 3.06. The van der Waals surface area contributed by atoms with Gasteiger partial charge in [-0.1, -0.05) is 12.0 Å². The van der Waals surface area contributed by atoms with Crippen molar-refractivity contribution >= 4 is 11.2 Å². The molecule has 0 aliphatic carbocycles. The molecule has 1 aliphatic rings. The van der Waals surface area contributed by atoms with Crippen LogP contribution in [-0.2, 0) is 6.54 Å². The van der Waals surface area contributed by atoms with Crippen molar-refractivity contribution in [2.75, 3.05) is 31.1 Å². The number of rotatable bonds is 3. The van der Waals surface area contributed by atoms with E-state index in [2.05, 4.69) is 45.1 Å². The Morgan fingerprint density at radius 2 is 1.79 bits per heavy atom. The summed E-state index contributed by atoms with van der Waals surface area (Å²) >= 11 is 0. The Morgan fingerprint density at radius 1 is 1.00 bits per heavy atom. The molecule has 3 heterocycles. The van der Waals surface area contributed by atoms with Crippen LogP contribution >= 0.6 is 0 Å². The summed E-state index contributed by atoms with van der Waals surface area (Å²) in [5.41, 5.74) is 4.68. The van der Waals surface area contributed by atoms with E-state index in [0.29, 0.717) is 0 Å². The highest BCUT2D eigenvalue weighted by atomic mass is 15.3. The molecule has 2 aromatic heterocycles. The summed E-state index contributed by atoms with van der Waals surface area (Å²) < 4.78 is 1.94. The van der Waals surface area contributed by atoms with Crippen LogP contribution in [0.4, 0.5) is 5.69 Å². The maximum absolute atomic E-state index is 5.42. The van der Waals surface area contributed by atoms with E-state index in [9.17, 15) is 0 Å². The van der Waals surface area contributed by atoms with E-state index in [1.807, 2.05) is 35.1 Å². The van der Waals surface area contributed by atoms with Gasteiger partial charge in [-0.3, -0.25) is 4.90 Å². The lowest BCUT2D eigenvalue weighted by Gasteiger charge is -2.36. The lowest BCUT2D eigenvalue weighted by atomic mass is 10.1. The van der Waals surface area contributed by atoms with Crippen LogP contribution in [0, 0.1) is 12.3 Å². The summed E-state index contributed by atoms with van der Waals surface area (Å²) in [7, 11) is 0. The standard InChI is InChI=1S/C20H20N4/c1-2-17-6-8-19(9-7-17)23-13-11-22(12-14-23)16-18-15-21-24-10-4-3-5-20(18)24/h1,3-10,15H,11-14,16H2. The van der Waals surface area contributed by atoms with Crippen LogP contribution in [0.25, 0.3) is 5.52 Å². The normalized spacial score (nSPS) is 15.5. The number of benzene rings is 1. The summed E-state index contributed by atoms with van der Waals surface area (Å²) in [5, 5.41) is 4.43. The molecule has 0 atom stereocenters. The van der Waals surface area contributed by atoms with Crippen molar-refractivity contribution in [3.8, 4) is 12.3 Å². The van der Waals surface area contributed by atoms with Gasteiger partial charge >= 0.3 is 0 Å². The molecule has 120 valence electrons. The first-order valence-corrected chi connectivity index (χ1v) is 8.29. The lowest BCUT2D eigenvalue weighted by molar-refractivity contribution is 0.250. The number of fused-ring (bicyclic) bond motifs is 1. The maximum Gasteiger partial charge on any atom is 0.0706 e. The molecule has 0 bridgehead atoms. The summed E-state index contributed by atoms with van der Waals surface area (Å²) in [6.45, 7) is 5.14. The highest BCUT2D eigenvalue weighted by Crippen LogP contribution is 2.19. The second-order valence-electron chi connectivity index (χ2n) is 6.15. The molecule has 1 aromatic carbocycles. The van der Waals surface area contributed by atoms with Crippen molar-refractivity contribution in [1.82, 2.24) is 14.5 Å². The Morgan fingerprint density at radius 3 is 2.54 bits per heavy atom. The molecule has 3 aromatic rings. The van der Waals surface area contributed by atoms with E-state index in [-0.39, 0.29) is 0 Å². The molecular weight excluding hydrogens is 296 g/mol. The van der Waals surface area contributed by atoms with Crippen LogP contribution in [0.1, 0.15) is 11.1 Å². The van der Waals surface area contributed by atoms with Crippen molar-refractivity contribution in [2.45, 2.75) is 6.54 Å². The average molecular weight is 316 g/mol. The molecule has 0 N–H and O–H groups in total. The molecule has 4 rings (SSSR count). The van der Waals surface area contributed by atoms with E-state index in [4.69, 9.17) is 6.42 Å². The number of pyridine rings is 1. The van der Waals surface area contributed by atoms with Gasteiger partial charge in [-0.15, -0.1) is 6.42 Å². The maximum atomic E-state index is 5.42. The van der Waals surface area contributed by atoms with E-state index < -0.39 is 0 Å². The van der Waals surface area contributed by atoms with Gasteiger partial charge in [-0.2, -0.15) is 5.10 Å². The van der Waals surface area contributed by atoms with Crippen LogP contribution < -0.4 is 4.90 Å². The van der Waals surface area contributed by atoms with Gasteiger partial charge < -0.3 is 4.90 Å². The Balaban J connectivity index is 1.40. The van der Waals surface area contributed by atoms with Crippen molar-refractivity contribution < 1.29 is 0 Å². The van der Waals surface area contributed by atoms with Gasteiger partial charge in [-0.05, 0) is 36.4 Å². The molecule has 1 fully saturated rings. The molecule has 0 saturated carbocycles. The molecule has 0 unspecified atom stereocenters. The number of terminal acetylenes is 1. The fourth-order valence-electron chi connectivity index (χ4n) is 3.28. The SMILES string of the molecule is C#Cc1ccc(N2CCN(Cc3cnn4ccccc34)CC2)cc1. The van der Waals surface area contributed by atoms with Crippen LogP contribution in [0.3, 0.4) is 0 Å². The molecule has 1 saturated heterocycles. The summed E-state index contributed by atoms with van der Waals surface area (Å²) in [5.74, 6) is 2.67. The zero-order valence-electron chi connectivity index (χ0n) is 13.6. The van der Waals surface area contributed by atoms with Crippen molar-refractivity contribution in [2.24, 2.45) is 0 Å². The first-order chi connectivity index (χ1) is 11.8. The number of anilines is 1. The molecular formula is C20H20N4. The van der Waals surface area contributed by atoms with Gasteiger partial charge in [0.15, 0.2) is 0 Å². The number of nitrogens with zero attached hydrogens (tertiary/aromatic N) is 4. The molecule has 4 heteroatoms. The van der Waals surface area contributed by atoms with Crippen molar-refractivity contribution in [3.05, 3.63) is 66.0 Å². The predicted molar refractivity (Wildman–Crippen MR) is 97.1 cm³/mol. The minimum atomic E-state index is 0.936. The van der Waals surface area contributed by atoms with Gasteiger partial charge in [-0.25, -0.2) is 4.52 Å². The van der Waals surface area contributed by atoms with Gasteiger partial charge in [0, 0.05) is 55.7 Å². The Bertz CT molecular complexity index is 865. The quantitative estimate of drug-likeness (QED) is 0.694. The third-order valence-corrected chi connectivity index (χ3v) is 4.67. The minimum Gasteiger partial charge on any atom is -0.369 e. The van der Waals surface area contributed by atoms with E-state index in [1.165, 1.54) is 16.8 Å². The van der Waals surface area contributed by atoms with Crippen molar-refractivity contribution in [3.63, 3.8) is 0 Å². The van der Waals surface area contributed by atoms with Crippen LogP contribution in [0.5, 0.6) is 0 Å². The Labute approximate surface area is 142 Å². The molecule has 0 amide bonds. The smallest absolute Gasteiger partial charge is 0.0706 e. The summed E-state index contributed by atoms with van der Waals surface area (Å²) in [6.07, 6.45) is 9.41. The van der Waals surface area contributed by atoms with E-state index >= 15 is 0 Å². The van der Waals surface area contributed by atoms with Crippen LogP contribution in [0.15, 0.2) is 54.9 Å². The number of hydrogen-bond donors (Lipinski definition) is 0. The summed E-state index contributed by atoms with van der Waals surface area (Å²) in [6, 6.07) is 14.5. The Kier molecular flexibility index (Phi) is 3.94. The monoisotopic (exact) mass is 316 g/mol.